The van der Waals surface area contributed by atoms with Crippen LogP contribution in [0, 0.1) is 0 Å². The topological polar surface area (TPSA) is 55.3 Å². The zero-order valence-electron chi connectivity index (χ0n) is 1.54. The molecular formula is CH4NiO3. The summed E-state index contributed by atoms with van der Waals surface area (Å²) in [5.74, 6) is 0. The SMILES string of the molecule is C.[Ni+2].[O-]O[O-]. The molecule has 0 aliphatic carbocycles. The Morgan fingerprint density at radius 1 is 1.20 bits per heavy atom. The second-order valence-electron chi connectivity index (χ2n) is 0.0680. The first-order chi connectivity index (χ1) is 1.41. The molecule has 0 atom stereocenters. The average molecular weight is 123 g/mol. The summed E-state index contributed by atoms with van der Waals surface area (Å²) >= 11 is 0. The maximum absolute atomic E-state index is 7.88. The van der Waals surface area contributed by atoms with Gasteiger partial charge in [0.1, 0.15) is 0 Å². The molecule has 0 N–H and O–H groups in total. The minimum Gasteiger partial charge on any atom is -0.734 e. The van der Waals surface area contributed by atoms with E-state index in [1.807, 2.05) is 0 Å². The molecule has 4 heteroatoms. The average Bonchev–Trinajstić information content (AvgIpc) is 0.918. The molecule has 5 heavy (non-hydrogen) atoms. The Kier molecular flexibility index (Phi) is 96.3. The van der Waals surface area contributed by atoms with Gasteiger partial charge in [-0.3, -0.25) is 0 Å². The minimum absolute atomic E-state index is 0. The standard InChI is InChI=1S/CH4.Ni.H2O3/c;;1-3-2/h1H4;;1-2H/q;+2;/p-2. The van der Waals surface area contributed by atoms with Crippen molar-refractivity contribution in [3.8, 4) is 0 Å². The third-order valence-electron chi connectivity index (χ3n) is 0. The van der Waals surface area contributed by atoms with Gasteiger partial charge in [0.05, 0.1) is 0 Å². The molecule has 0 aliphatic rings. The van der Waals surface area contributed by atoms with E-state index in [0.29, 0.717) is 0 Å². The summed E-state index contributed by atoms with van der Waals surface area (Å²) in [7, 11) is 0. The Bertz CT molecular complexity index is 6.85. The van der Waals surface area contributed by atoms with Gasteiger partial charge in [-0.05, 0) is 0 Å². The van der Waals surface area contributed by atoms with Crippen LogP contribution in [0.4, 0.5) is 0 Å². The third kappa shape index (κ3) is 177. The van der Waals surface area contributed by atoms with Crippen molar-refractivity contribution in [2.45, 2.75) is 7.43 Å². The van der Waals surface area contributed by atoms with E-state index in [9.17, 15) is 0 Å². The first kappa shape index (κ1) is 18.2. The molecule has 0 saturated heterocycles. The molecule has 0 rings (SSSR count). The largest absolute Gasteiger partial charge is 2.00 e. The van der Waals surface area contributed by atoms with Gasteiger partial charge in [0.2, 0.25) is 0 Å². The van der Waals surface area contributed by atoms with Gasteiger partial charge >= 0.3 is 16.5 Å². The van der Waals surface area contributed by atoms with Crippen molar-refractivity contribution >= 4 is 0 Å². The Morgan fingerprint density at radius 3 is 1.20 bits per heavy atom. The zero-order valence-corrected chi connectivity index (χ0v) is 2.53. The van der Waals surface area contributed by atoms with Gasteiger partial charge in [-0.1, -0.05) is 7.43 Å². The number of hydrogen-bond donors (Lipinski definition) is 0. The van der Waals surface area contributed by atoms with E-state index >= 15 is 0 Å². The van der Waals surface area contributed by atoms with Crippen LogP contribution in [0.5, 0.6) is 0 Å². The number of hydrogen-bond acceptors (Lipinski definition) is 3. The van der Waals surface area contributed by atoms with Crippen molar-refractivity contribution in [3.05, 3.63) is 0 Å². The Hall–Kier alpha value is 0.374. The summed E-state index contributed by atoms with van der Waals surface area (Å²) in [4.78, 5) is 0. The van der Waals surface area contributed by atoms with Crippen molar-refractivity contribution < 1.29 is 32.0 Å². The fraction of sp³-hybridized carbons (Fsp3) is 1.00. The monoisotopic (exact) mass is 122 g/mol. The van der Waals surface area contributed by atoms with Crippen LogP contribution in [-0.4, -0.2) is 0 Å². The molecule has 0 spiro atoms. The van der Waals surface area contributed by atoms with Crippen molar-refractivity contribution in [1.29, 1.82) is 0 Å². The van der Waals surface area contributed by atoms with E-state index in [0.717, 1.165) is 0 Å². The molecule has 0 heterocycles. The predicted molar refractivity (Wildman–Crippen MR) is 7.82 cm³/mol. The fourth-order valence-electron chi connectivity index (χ4n) is 0. The van der Waals surface area contributed by atoms with Gasteiger partial charge in [-0.2, -0.15) is 0 Å². The van der Waals surface area contributed by atoms with E-state index in [1.165, 1.54) is 0 Å². The van der Waals surface area contributed by atoms with E-state index in [4.69, 9.17) is 10.5 Å². The smallest absolute Gasteiger partial charge is 0.734 e. The van der Waals surface area contributed by atoms with Crippen LogP contribution in [0.3, 0.4) is 0 Å². The third-order valence-corrected chi connectivity index (χ3v) is 0. The minimum atomic E-state index is 0. The molecule has 0 saturated carbocycles. The summed E-state index contributed by atoms with van der Waals surface area (Å²) in [5, 5.41) is 17.5. The Balaban J connectivity index is -0.0000000200. The van der Waals surface area contributed by atoms with Crippen LogP contribution in [-0.2, 0) is 21.5 Å². The number of rotatable bonds is 0. The molecule has 0 unspecified atom stereocenters. The van der Waals surface area contributed by atoms with Gasteiger partial charge in [-0.25, -0.2) is 0 Å². The van der Waals surface area contributed by atoms with Crippen molar-refractivity contribution in [3.63, 3.8) is 0 Å². The Labute approximate surface area is 40.4 Å². The van der Waals surface area contributed by atoms with E-state index < -0.39 is 0 Å². The zero-order chi connectivity index (χ0) is 2.71. The van der Waals surface area contributed by atoms with Gasteiger partial charge in [0.15, 0.2) is 0 Å². The normalized spacial score (nSPS) is 3.60. The molecule has 0 fully saturated rings. The Morgan fingerprint density at radius 2 is 1.20 bits per heavy atom. The molecule has 0 aromatic rings. The van der Waals surface area contributed by atoms with Crippen molar-refractivity contribution in [1.82, 2.24) is 0 Å². The second kappa shape index (κ2) is 26.4. The molecule has 3 nitrogen and oxygen atoms in total. The summed E-state index contributed by atoms with van der Waals surface area (Å²) < 4.78 is 0. The summed E-state index contributed by atoms with van der Waals surface area (Å²) in [6, 6.07) is 0. The van der Waals surface area contributed by atoms with Crippen LogP contribution >= 0.6 is 0 Å². The van der Waals surface area contributed by atoms with E-state index in [2.05, 4.69) is 0 Å². The van der Waals surface area contributed by atoms with Crippen LogP contribution in [0.15, 0.2) is 0 Å². The predicted octanol–water partition coefficient (Wildman–Crippen LogP) is -1.81. The molecule has 0 amide bonds. The van der Waals surface area contributed by atoms with Gasteiger partial charge in [-0.15, -0.1) is 0 Å². The maximum Gasteiger partial charge on any atom is 2.00 e. The molecule has 0 radical (unpaired) electrons. The first-order valence-electron chi connectivity index (χ1n) is 0.333. The van der Waals surface area contributed by atoms with Crippen LogP contribution in [0.2, 0.25) is 0 Å². The quantitative estimate of drug-likeness (QED) is 0.216. The summed E-state index contributed by atoms with van der Waals surface area (Å²) in [6.45, 7) is 0. The second-order valence-corrected chi connectivity index (χ2v) is 0.0680. The van der Waals surface area contributed by atoms with Gasteiger partial charge < -0.3 is 15.6 Å². The summed E-state index contributed by atoms with van der Waals surface area (Å²) in [5.41, 5.74) is 0. The van der Waals surface area contributed by atoms with Gasteiger partial charge in [0, 0.05) is 0 Å². The molecular weight excluding hydrogens is 119 g/mol. The van der Waals surface area contributed by atoms with E-state index in [-0.39, 0.29) is 23.9 Å². The molecule has 0 aromatic carbocycles. The molecule has 0 bridgehead atoms. The first-order valence-corrected chi connectivity index (χ1v) is 0.333. The van der Waals surface area contributed by atoms with Crippen molar-refractivity contribution in [2.75, 3.05) is 0 Å². The summed E-state index contributed by atoms with van der Waals surface area (Å²) in [6.07, 6.45) is 0. The van der Waals surface area contributed by atoms with Crippen molar-refractivity contribution in [2.24, 2.45) is 0 Å². The van der Waals surface area contributed by atoms with Crippen LogP contribution in [0.1, 0.15) is 7.43 Å². The molecule has 0 aromatic heterocycles. The molecule has 36 valence electrons. The maximum atomic E-state index is 7.88. The fourth-order valence-corrected chi connectivity index (χ4v) is 0. The molecule has 0 aliphatic heterocycles. The van der Waals surface area contributed by atoms with E-state index in [1.54, 1.807) is 5.04 Å². The van der Waals surface area contributed by atoms with Crippen LogP contribution in [0.25, 0.3) is 0 Å². The van der Waals surface area contributed by atoms with Crippen LogP contribution < -0.4 is 10.5 Å². The van der Waals surface area contributed by atoms with Gasteiger partial charge in [0.25, 0.3) is 0 Å².